The molecule has 11 heteroatoms. The van der Waals surface area contributed by atoms with Crippen molar-refractivity contribution in [3.63, 3.8) is 0 Å². The average Bonchev–Trinajstić information content (AvgIpc) is 3.10. The van der Waals surface area contributed by atoms with Crippen molar-refractivity contribution in [1.29, 1.82) is 0 Å². The number of hydrogen-bond donors (Lipinski definition) is 5. The van der Waals surface area contributed by atoms with Gasteiger partial charge in [0, 0.05) is 17.2 Å². The fourth-order valence-corrected chi connectivity index (χ4v) is 5.25. The molecule has 5 atom stereocenters. The van der Waals surface area contributed by atoms with E-state index in [0.29, 0.717) is 15.5 Å². The number of hydrogen-bond acceptors (Lipinski definition) is 9. The molecule has 0 radical (unpaired) electrons. The zero-order chi connectivity index (χ0) is 22.9. The van der Waals surface area contributed by atoms with Gasteiger partial charge in [-0.25, -0.2) is 4.98 Å². The van der Waals surface area contributed by atoms with E-state index < -0.39 is 41.8 Å². The number of benzene rings is 1. The first-order valence-corrected chi connectivity index (χ1v) is 11.5. The van der Waals surface area contributed by atoms with Crippen LogP contribution in [0, 0.1) is 5.41 Å². The number of carbonyl (C=O) groups excluding carboxylic acids is 2. The number of thiazole rings is 1. The van der Waals surface area contributed by atoms with Crippen LogP contribution in [-0.2, 0) is 14.3 Å². The summed E-state index contributed by atoms with van der Waals surface area (Å²) in [7, 11) is 0. The number of para-hydroxylation sites is 1. The normalized spacial score (nSPS) is 26.6. The highest BCUT2D eigenvalue weighted by atomic mass is 32.2. The molecule has 3 rings (SSSR count). The molecule has 9 nitrogen and oxygen atoms in total. The zero-order valence-corrected chi connectivity index (χ0v) is 19.3. The summed E-state index contributed by atoms with van der Waals surface area (Å²) in [5, 5.41) is 36.1. The quantitative estimate of drug-likeness (QED) is 0.442. The molecule has 1 saturated heterocycles. The number of amides is 2. The predicted molar refractivity (Wildman–Crippen MR) is 119 cm³/mol. The fourth-order valence-electron chi connectivity index (χ4n) is 3.05. The van der Waals surface area contributed by atoms with Crippen LogP contribution in [0.1, 0.15) is 27.7 Å². The van der Waals surface area contributed by atoms with Crippen molar-refractivity contribution in [1.82, 2.24) is 10.3 Å². The van der Waals surface area contributed by atoms with E-state index in [2.05, 4.69) is 15.6 Å². The molecule has 1 aliphatic heterocycles. The summed E-state index contributed by atoms with van der Waals surface area (Å²) in [6, 6.07) is 4.64. The number of carbonyl (C=O) groups is 2. The molecule has 0 saturated carbocycles. The number of nitrogens with one attached hydrogen (secondary N) is 2. The molecular formula is C20H27N3O6S2. The lowest BCUT2D eigenvalue weighted by molar-refractivity contribution is -0.173. The van der Waals surface area contributed by atoms with Gasteiger partial charge in [0.25, 0.3) is 0 Å². The molecule has 2 heterocycles. The Bertz CT molecular complexity index is 960. The second kappa shape index (κ2) is 9.39. The summed E-state index contributed by atoms with van der Waals surface area (Å²) < 4.78 is 6.64. The van der Waals surface area contributed by atoms with Gasteiger partial charge in [-0.15, -0.1) is 0 Å². The average molecular weight is 470 g/mol. The standard InChI is InChI=1S/C20H27N3O6S2/c1-9(25)21-14-16(27)15(26)10(8-24)29-17(14)30-11-6-5-7-12-13(11)22-19(31-12)23-18(28)20(2,3)4/h5-7,10,14-17,24,26-27H,8H2,1-4H3,(H,21,25)(H,22,23,28)/t10?,14-,15?,16?,17?/m0/s1. The third-order valence-corrected chi connectivity index (χ3v) is 6.93. The highest BCUT2D eigenvalue weighted by Crippen LogP contribution is 2.39. The Morgan fingerprint density at radius 3 is 2.58 bits per heavy atom. The Kier molecular flexibility index (Phi) is 7.24. The smallest absolute Gasteiger partial charge is 0.231 e. The van der Waals surface area contributed by atoms with Gasteiger partial charge < -0.3 is 30.7 Å². The molecule has 0 bridgehead atoms. The van der Waals surface area contributed by atoms with E-state index >= 15 is 0 Å². The molecule has 4 unspecified atom stereocenters. The van der Waals surface area contributed by atoms with Gasteiger partial charge in [0.05, 0.1) is 22.9 Å². The molecule has 1 aliphatic rings. The molecule has 170 valence electrons. The van der Waals surface area contributed by atoms with E-state index in [9.17, 15) is 24.9 Å². The highest BCUT2D eigenvalue weighted by molar-refractivity contribution is 8.00. The van der Waals surface area contributed by atoms with Crippen molar-refractivity contribution in [3.8, 4) is 0 Å². The third kappa shape index (κ3) is 5.36. The topological polar surface area (TPSA) is 141 Å². The molecular weight excluding hydrogens is 442 g/mol. The maximum atomic E-state index is 12.3. The molecule has 5 N–H and O–H groups in total. The van der Waals surface area contributed by atoms with Gasteiger partial charge in [-0.2, -0.15) is 0 Å². The van der Waals surface area contributed by atoms with Crippen LogP contribution in [0.2, 0.25) is 0 Å². The maximum Gasteiger partial charge on any atom is 0.231 e. The lowest BCUT2D eigenvalue weighted by atomic mass is 9.96. The van der Waals surface area contributed by atoms with Gasteiger partial charge in [-0.05, 0) is 12.1 Å². The number of aromatic nitrogens is 1. The van der Waals surface area contributed by atoms with Gasteiger partial charge >= 0.3 is 0 Å². The van der Waals surface area contributed by atoms with Crippen LogP contribution in [0.4, 0.5) is 5.13 Å². The number of ether oxygens (including phenoxy) is 1. The number of anilines is 1. The van der Waals surface area contributed by atoms with E-state index in [0.717, 1.165) is 4.70 Å². The number of aliphatic hydroxyl groups is 3. The van der Waals surface area contributed by atoms with Gasteiger partial charge in [0.1, 0.15) is 23.7 Å². The number of fused-ring (bicyclic) bond motifs is 1. The van der Waals surface area contributed by atoms with E-state index in [1.807, 2.05) is 39.0 Å². The number of aliphatic hydroxyl groups excluding tert-OH is 3. The SMILES string of the molecule is CC(=O)N[C@@H]1C(Sc2cccc3sc(NC(=O)C(C)(C)C)nc23)OC(CO)C(O)C1O. The van der Waals surface area contributed by atoms with Crippen molar-refractivity contribution in [2.75, 3.05) is 11.9 Å². The molecule has 1 fully saturated rings. The molecule has 2 amide bonds. The van der Waals surface area contributed by atoms with Crippen LogP contribution in [0.15, 0.2) is 23.1 Å². The monoisotopic (exact) mass is 469 g/mol. The lowest BCUT2D eigenvalue weighted by Crippen LogP contribution is -2.63. The van der Waals surface area contributed by atoms with Crippen molar-refractivity contribution >= 4 is 50.3 Å². The zero-order valence-electron chi connectivity index (χ0n) is 17.7. The molecule has 31 heavy (non-hydrogen) atoms. The summed E-state index contributed by atoms with van der Waals surface area (Å²) in [6.45, 7) is 6.28. The summed E-state index contributed by atoms with van der Waals surface area (Å²) in [4.78, 5) is 29.2. The van der Waals surface area contributed by atoms with Crippen molar-refractivity contribution < 1.29 is 29.6 Å². The maximum absolute atomic E-state index is 12.3. The van der Waals surface area contributed by atoms with E-state index in [1.54, 1.807) is 0 Å². The summed E-state index contributed by atoms with van der Waals surface area (Å²) in [6.07, 6.45) is -3.65. The van der Waals surface area contributed by atoms with E-state index in [-0.39, 0.29) is 11.8 Å². The van der Waals surface area contributed by atoms with Gasteiger partial charge in [-0.3, -0.25) is 9.59 Å². The first-order chi connectivity index (χ1) is 14.5. The lowest BCUT2D eigenvalue weighted by Gasteiger charge is -2.42. The van der Waals surface area contributed by atoms with E-state index in [1.165, 1.54) is 30.0 Å². The first-order valence-electron chi connectivity index (χ1n) is 9.78. The number of nitrogens with zero attached hydrogens (tertiary/aromatic N) is 1. The Labute approximate surface area is 188 Å². The summed E-state index contributed by atoms with van der Waals surface area (Å²) >= 11 is 2.56. The van der Waals surface area contributed by atoms with Crippen molar-refractivity contribution in [2.24, 2.45) is 5.41 Å². The van der Waals surface area contributed by atoms with Gasteiger partial charge in [-0.1, -0.05) is 49.9 Å². The second-order valence-electron chi connectivity index (χ2n) is 8.38. The molecule has 0 spiro atoms. The van der Waals surface area contributed by atoms with E-state index in [4.69, 9.17) is 4.74 Å². The minimum atomic E-state index is -1.34. The highest BCUT2D eigenvalue weighted by Gasteiger charge is 2.45. The minimum absolute atomic E-state index is 0.148. The molecule has 0 aliphatic carbocycles. The second-order valence-corrected chi connectivity index (χ2v) is 10.5. The van der Waals surface area contributed by atoms with Crippen LogP contribution in [-0.4, -0.2) is 68.5 Å². The third-order valence-electron chi connectivity index (χ3n) is 4.78. The fraction of sp³-hybridized carbons (Fsp3) is 0.550. The Hall–Kier alpha value is -1.76. The Morgan fingerprint density at radius 1 is 1.26 bits per heavy atom. The minimum Gasteiger partial charge on any atom is -0.394 e. The van der Waals surface area contributed by atoms with Crippen molar-refractivity contribution in [3.05, 3.63) is 18.2 Å². The van der Waals surface area contributed by atoms with Crippen LogP contribution in [0.25, 0.3) is 10.2 Å². The largest absolute Gasteiger partial charge is 0.394 e. The Balaban J connectivity index is 1.89. The van der Waals surface area contributed by atoms with Crippen LogP contribution >= 0.6 is 23.1 Å². The molecule has 1 aromatic carbocycles. The van der Waals surface area contributed by atoms with Crippen LogP contribution in [0.5, 0.6) is 0 Å². The Morgan fingerprint density at radius 2 is 1.97 bits per heavy atom. The molecule has 2 aromatic rings. The van der Waals surface area contributed by atoms with Crippen molar-refractivity contribution in [2.45, 2.75) is 62.4 Å². The summed E-state index contributed by atoms with van der Waals surface area (Å²) in [5.74, 6) is -0.531. The van der Waals surface area contributed by atoms with Crippen LogP contribution in [0.3, 0.4) is 0 Å². The van der Waals surface area contributed by atoms with Crippen LogP contribution < -0.4 is 10.6 Å². The van der Waals surface area contributed by atoms with Gasteiger partial charge in [0.2, 0.25) is 11.8 Å². The first kappa shape index (κ1) is 23.9. The molecule has 1 aromatic heterocycles. The number of thioether (sulfide) groups is 1. The summed E-state index contributed by atoms with van der Waals surface area (Å²) in [5.41, 5.74) is -0.694. The predicted octanol–water partition coefficient (Wildman–Crippen LogP) is 1.32. The number of rotatable bonds is 5. The van der Waals surface area contributed by atoms with Gasteiger partial charge in [0.15, 0.2) is 5.13 Å².